The number of hydrogen-bond acceptors (Lipinski definition) is 4. The number of nitrogens with zero attached hydrogens (tertiary/aromatic N) is 2. The number of carbonyl (C=O) groups is 1. The second kappa shape index (κ2) is 4.13. The van der Waals surface area contributed by atoms with Crippen molar-refractivity contribution in [1.29, 1.82) is 0 Å². The summed E-state index contributed by atoms with van der Waals surface area (Å²) in [4.78, 5) is 11.9. The lowest BCUT2D eigenvalue weighted by atomic mass is 10.2. The molecule has 0 spiro atoms. The lowest BCUT2D eigenvalue weighted by Crippen LogP contribution is -2.11. The first-order valence-electron chi connectivity index (χ1n) is 5.63. The van der Waals surface area contributed by atoms with Gasteiger partial charge in [0, 0.05) is 12.0 Å². The number of nitrogens with one attached hydrogen (secondary N) is 2. The molecule has 1 aliphatic rings. The molecule has 2 N–H and O–H groups in total. The Kier molecular flexibility index (Phi) is 2.59. The zero-order valence-corrected chi connectivity index (χ0v) is 10.4. The fraction of sp³-hybridized carbons (Fsp3) is 0.364. The molecule has 1 aliphatic carbocycles. The zero-order valence-electron chi connectivity index (χ0n) is 9.66. The third kappa shape index (κ3) is 1.99. The lowest BCUT2D eigenvalue weighted by Gasteiger charge is -1.97. The second-order valence-electron chi connectivity index (χ2n) is 4.36. The molecule has 3 rings (SSSR count). The van der Waals surface area contributed by atoms with Crippen LogP contribution in [0.2, 0.25) is 5.02 Å². The molecule has 18 heavy (non-hydrogen) atoms. The minimum Gasteiger partial charge on any atom is -0.351 e. The molecule has 0 aliphatic heterocycles. The first-order chi connectivity index (χ1) is 8.65. The summed E-state index contributed by atoms with van der Waals surface area (Å²) in [5.41, 5.74) is 1.53. The van der Waals surface area contributed by atoms with E-state index in [1.165, 1.54) is 0 Å². The van der Waals surface area contributed by atoms with Gasteiger partial charge >= 0.3 is 0 Å². The van der Waals surface area contributed by atoms with Gasteiger partial charge in [-0.2, -0.15) is 5.10 Å². The van der Waals surface area contributed by atoms with E-state index >= 15 is 0 Å². The summed E-state index contributed by atoms with van der Waals surface area (Å²) >= 11 is 5.95. The first-order valence-corrected chi connectivity index (χ1v) is 6.01. The largest absolute Gasteiger partial charge is 0.351 e. The van der Waals surface area contributed by atoms with Crippen LogP contribution in [0.1, 0.15) is 40.7 Å². The van der Waals surface area contributed by atoms with Gasteiger partial charge < -0.3 is 9.84 Å². The SMILES string of the molecule is Cc1[nH]nc(NC(=O)c2cc(C3CC3)no2)c1Cl. The Morgan fingerprint density at radius 3 is 3.00 bits per heavy atom. The number of rotatable bonds is 3. The minimum atomic E-state index is -0.400. The molecule has 94 valence electrons. The maximum atomic E-state index is 11.9. The Bertz CT molecular complexity index is 600. The molecule has 0 aromatic carbocycles. The van der Waals surface area contributed by atoms with Crippen LogP contribution >= 0.6 is 11.6 Å². The third-order valence-corrected chi connectivity index (χ3v) is 3.31. The van der Waals surface area contributed by atoms with Gasteiger partial charge in [0.05, 0.1) is 11.4 Å². The fourth-order valence-corrected chi connectivity index (χ4v) is 1.77. The second-order valence-corrected chi connectivity index (χ2v) is 4.73. The zero-order chi connectivity index (χ0) is 12.7. The summed E-state index contributed by atoms with van der Waals surface area (Å²) in [6.07, 6.45) is 2.22. The van der Waals surface area contributed by atoms with Crippen LogP contribution in [0.3, 0.4) is 0 Å². The predicted octanol–water partition coefficient (Wildman–Crippen LogP) is 2.49. The molecule has 1 saturated carbocycles. The molecular weight excluding hydrogens is 256 g/mol. The minimum absolute atomic E-state index is 0.175. The standard InChI is InChI=1S/C11H11ClN4O2/c1-5-9(12)10(15-14-5)13-11(17)8-4-7(16-18-8)6-2-3-6/h4,6H,2-3H2,1H3,(H2,13,14,15,17). The van der Waals surface area contributed by atoms with Crippen LogP contribution in [0, 0.1) is 6.92 Å². The summed E-state index contributed by atoms with van der Waals surface area (Å²) in [5, 5.41) is 13.4. The topological polar surface area (TPSA) is 83.8 Å². The number of halogens is 1. The molecule has 0 unspecified atom stereocenters. The van der Waals surface area contributed by atoms with Gasteiger partial charge in [-0.1, -0.05) is 16.8 Å². The number of H-pyrrole nitrogens is 1. The van der Waals surface area contributed by atoms with Gasteiger partial charge in [0.1, 0.15) is 5.02 Å². The van der Waals surface area contributed by atoms with Gasteiger partial charge in [-0.05, 0) is 19.8 Å². The Labute approximate surface area is 108 Å². The summed E-state index contributed by atoms with van der Waals surface area (Å²) in [6, 6.07) is 1.67. The molecule has 6 nitrogen and oxygen atoms in total. The summed E-state index contributed by atoms with van der Waals surface area (Å²) in [6.45, 7) is 1.77. The van der Waals surface area contributed by atoms with Crippen molar-refractivity contribution < 1.29 is 9.32 Å². The van der Waals surface area contributed by atoms with Crippen molar-refractivity contribution >= 4 is 23.3 Å². The highest BCUT2D eigenvalue weighted by molar-refractivity contribution is 6.34. The predicted molar refractivity (Wildman–Crippen MR) is 64.8 cm³/mol. The van der Waals surface area contributed by atoms with Gasteiger partial charge in [-0.25, -0.2) is 0 Å². The first kappa shape index (κ1) is 11.3. The van der Waals surface area contributed by atoms with E-state index in [1.807, 2.05) is 0 Å². The van der Waals surface area contributed by atoms with Crippen molar-refractivity contribution in [3.8, 4) is 0 Å². The molecule has 7 heteroatoms. The number of anilines is 1. The summed E-state index contributed by atoms with van der Waals surface area (Å²) < 4.78 is 5.00. The van der Waals surface area contributed by atoms with Gasteiger partial charge in [0.2, 0.25) is 5.76 Å². The quantitative estimate of drug-likeness (QED) is 0.894. The number of aromatic nitrogens is 3. The van der Waals surface area contributed by atoms with Gasteiger partial charge in [0.25, 0.3) is 5.91 Å². The summed E-state index contributed by atoms with van der Waals surface area (Å²) in [5.74, 6) is 0.520. The third-order valence-electron chi connectivity index (χ3n) is 2.85. The normalized spacial score (nSPS) is 14.8. The number of hydrogen-bond donors (Lipinski definition) is 2. The Balaban J connectivity index is 1.75. The lowest BCUT2D eigenvalue weighted by molar-refractivity contribution is 0.0987. The van der Waals surface area contributed by atoms with E-state index in [4.69, 9.17) is 16.1 Å². The maximum Gasteiger partial charge on any atom is 0.295 e. The van der Waals surface area contributed by atoms with E-state index in [2.05, 4.69) is 20.7 Å². The van der Waals surface area contributed by atoms with Crippen LogP contribution in [0.4, 0.5) is 5.82 Å². The Morgan fingerprint density at radius 1 is 1.61 bits per heavy atom. The molecule has 0 radical (unpaired) electrons. The van der Waals surface area contributed by atoms with Crippen molar-refractivity contribution in [2.24, 2.45) is 0 Å². The van der Waals surface area contributed by atoms with Gasteiger partial charge in [0.15, 0.2) is 5.82 Å². The molecule has 2 heterocycles. The average molecular weight is 267 g/mol. The van der Waals surface area contributed by atoms with Crippen molar-refractivity contribution in [2.75, 3.05) is 5.32 Å². The van der Waals surface area contributed by atoms with E-state index in [1.54, 1.807) is 13.0 Å². The molecule has 2 aromatic heterocycles. The van der Waals surface area contributed by atoms with Crippen LogP contribution in [0.5, 0.6) is 0 Å². The van der Waals surface area contributed by atoms with Crippen molar-refractivity contribution in [3.05, 3.63) is 28.2 Å². The van der Waals surface area contributed by atoms with E-state index in [0.29, 0.717) is 22.5 Å². The number of aromatic amines is 1. The van der Waals surface area contributed by atoms with Crippen molar-refractivity contribution in [2.45, 2.75) is 25.7 Å². The highest BCUT2D eigenvalue weighted by Gasteiger charge is 2.28. The molecule has 1 fully saturated rings. The summed E-state index contributed by atoms with van der Waals surface area (Å²) in [7, 11) is 0. The number of carbonyl (C=O) groups excluding carboxylic acids is 1. The number of amides is 1. The van der Waals surface area contributed by atoms with E-state index in [9.17, 15) is 4.79 Å². The maximum absolute atomic E-state index is 11.9. The molecule has 0 bridgehead atoms. The molecule has 1 amide bonds. The van der Waals surface area contributed by atoms with Crippen LogP contribution in [-0.2, 0) is 0 Å². The van der Waals surface area contributed by atoms with Crippen LogP contribution in [0.15, 0.2) is 10.6 Å². The van der Waals surface area contributed by atoms with E-state index in [-0.39, 0.29) is 5.76 Å². The Hall–Kier alpha value is -1.82. The molecule has 0 atom stereocenters. The average Bonchev–Trinajstić information content (AvgIpc) is 3.02. The van der Waals surface area contributed by atoms with E-state index in [0.717, 1.165) is 18.5 Å². The van der Waals surface area contributed by atoms with Crippen LogP contribution < -0.4 is 5.32 Å². The highest BCUT2D eigenvalue weighted by Crippen LogP contribution is 2.39. The number of aryl methyl sites for hydroxylation is 1. The van der Waals surface area contributed by atoms with Gasteiger partial charge in [-0.3, -0.25) is 9.89 Å². The fourth-order valence-electron chi connectivity index (χ4n) is 1.63. The van der Waals surface area contributed by atoms with Gasteiger partial charge in [-0.15, -0.1) is 0 Å². The monoisotopic (exact) mass is 266 g/mol. The van der Waals surface area contributed by atoms with Crippen LogP contribution in [0.25, 0.3) is 0 Å². The van der Waals surface area contributed by atoms with Crippen molar-refractivity contribution in [1.82, 2.24) is 15.4 Å². The Morgan fingerprint density at radius 2 is 2.39 bits per heavy atom. The van der Waals surface area contributed by atoms with Crippen molar-refractivity contribution in [3.63, 3.8) is 0 Å². The van der Waals surface area contributed by atoms with E-state index < -0.39 is 5.91 Å². The van der Waals surface area contributed by atoms with Crippen LogP contribution in [-0.4, -0.2) is 21.3 Å². The molecule has 2 aromatic rings. The molecular formula is C11H11ClN4O2. The smallest absolute Gasteiger partial charge is 0.295 e. The molecule has 0 saturated heterocycles. The highest BCUT2D eigenvalue weighted by atomic mass is 35.5.